The van der Waals surface area contributed by atoms with E-state index >= 15 is 0 Å². The van der Waals surface area contributed by atoms with Crippen molar-refractivity contribution in [1.29, 1.82) is 5.26 Å². The SMILES string of the molecule is N#Cc1ccc(C(=O)NC2CN(Cc3ccccc3)CCC2CO)cc1. The molecule has 26 heavy (non-hydrogen) atoms. The molecular formula is C21H23N3O2. The van der Waals surface area contributed by atoms with E-state index in [-0.39, 0.29) is 24.5 Å². The van der Waals surface area contributed by atoms with Gasteiger partial charge < -0.3 is 10.4 Å². The van der Waals surface area contributed by atoms with Crippen LogP contribution >= 0.6 is 0 Å². The summed E-state index contributed by atoms with van der Waals surface area (Å²) in [7, 11) is 0. The quantitative estimate of drug-likeness (QED) is 0.867. The van der Waals surface area contributed by atoms with Gasteiger partial charge in [0.2, 0.25) is 0 Å². The van der Waals surface area contributed by atoms with Gasteiger partial charge in [-0.25, -0.2) is 0 Å². The Morgan fingerprint density at radius 1 is 1.19 bits per heavy atom. The largest absolute Gasteiger partial charge is 0.396 e. The molecule has 5 nitrogen and oxygen atoms in total. The summed E-state index contributed by atoms with van der Waals surface area (Å²) in [5.41, 5.74) is 2.30. The number of hydrogen-bond acceptors (Lipinski definition) is 4. The molecule has 1 fully saturated rings. The molecule has 1 aliphatic heterocycles. The number of piperidine rings is 1. The minimum Gasteiger partial charge on any atom is -0.396 e. The zero-order chi connectivity index (χ0) is 18.4. The molecule has 1 amide bonds. The molecule has 0 aliphatic carbocycles. The molecule has 2 unspecified atom stereocenters. The summed E-state index contributed by atoms with van der Waals surface area (Å²) in [5, 5.41) is 21.6. The van der Waals surface area contributed by atoms with Crippen LogP contribution in [0.1, 0.15) is 27.9 Å². The Hall–Kier alpha value is -2.68. The number of hydrogen-bond donors (Lipinski definition) is 2. The van der Waals surface area contributed by atoms with Crippen molar-refractivity contribution < 1.29 is 9.90 Å². The lowest BCUT2D eigenvalue weighted by molar-refractivity contribution is 0.0730. The molecule has 1 saturated heterocycles. The van der Waals surface area contributed by atoms with Gasteiger partial charge in [0.1, 0.15) is 0 Å². The molecule has 1 heterocycles. The van der Waals surface area contributed by atoms with Crippen LogP contribution in [0.15, 0.2) is 54.6 Å². The van der Waals surface area contributed by atoms with Crippen LogP contribution in [-0.4, -0.2) is 41.7 Å². The van der Waals surface area contributed by atoms with Gasteiger partial charge in [-0.2, -0.15) is 5.26 Å². The molecule has 0 bridgehead atoms. The lowest BCUT2D eigenvalue weighted by atomic mass is 9.91. The van der Waals surface area contributed by atoms with Gasteiger partial charge in [0.25, 0.3) is 5.91 Å². The maximum absolute atomic E-state index is 12.5. The fraction of sp³-hybridized carbons (Fsp3) is 0.333. The summed E-state index contributed by atoms with van der Waals surface area (Å²) < 4.78 is 0. The smallest absolute Gasteiger partial charge is 0.251 e. The van der Waals surface area contributed by atoms with Gasteiger partial charge in [0.15, 0.2) is 0 Å². The topological polar surface area (TPSA) is 76.4 Å². The molecule has 0 aromatic heterocycles. The van der Waals surface area contributed by atoms with Crippen molar-refractivity contribution in [2.75, 3.05) is 19.7 Å². The molecule has 0 spiro atoms. The monoisotopic (exact) mass is 349 g/mol. The van der Waals surface area contributed by atoms with Crippen LogP contribution in [0.3, 0.4) is 0 Å². The maximum Gasteiger partial charge on any atom is 0.251 e. The van der Waals surface area contributed by atoms with Gasteiger partial charge >= 0.3 is 0 Å². The van der Waals surface area contributed by atoms with Gasteiger partial charge in [0.05, 0.1) is 11.6 Å². The van der Waals surface area contributed by atoms with Crippen LogP contribution in [0.5, 0.6) is 0 Å². The average Bonchev–Trinajstić information content (AvgIpc) is 2.69. The van der Waals surface area contributed by atoms with Crippen molar-refractivity contribution in [2.24, 2.45) is 5.92 Å². The molecule has 5 heteroatoms. The highest BCUT2D eigenvalue weighted by molar-refractivity contribution is 5.94. The minimum atomic E-state index is -0.167. The van der Waals surface area contributed by atoms with Crippen molar-refractivity contribution >= 4 is 5.91 Å². The maximum atomic E-state index is 12.5. The molecule has 0 radical (unpaired) electrons. The second kappa shape index (κ2) is 8.61. The number of nitrogens with zero attached hydrogens (tertiary/aromatic N) is 2. The van der Waals surface area contributed by atoms with Crippen molar-refractivity contribution in [3.05, 3.63) is 71.3 Å². The van der Waals surface area contributed by atoms with E-state index in [1.807, 2.05) is 24.3 Å². The Balaban J connectivity index is 1.65. The number of benzene rings is 2. The second-order valence-electron chi connectivity index (χ2n) is 6.72. The second-order valence-corrected chi connectivity index (χ2v) is 6.72. The highest BCUT2D eigenvalue weighted by Crippen LogP contribution is 2.20. The van der Waals surface area contributed by atoms with E-state index in [1.54, 1.807) is 24.3 Å². The third-order valence-corrected chi connectivity index (χ3v) is 4.92. The normalized spacial score (nSPS) is 20.3. The number of amides is 1. The third kappa shape index (κ3) is 4.48. The third-order valence-electron chi connectivity index (χ3n) is 4.92. The number of nitrogens with one attached hydrogen (secondary N) is 1. The zero-order valence-corrected chi connectivity index (χ0v) is 14.6. The number of carbonyl (C=O) groups excluding carboxylic acids is 1. The van der Waals surface area contributed by atoms with E-state index in [4.69, 9.17) is 5.26 Å². The Morgan fingerprint density at radius 3 is 2.58 bits per heavy atom. The van der Waals surface area contributed by atoms with E-state index in [0.29, 0.717) is 17.7 Å². The van der Waals surface area contributed by atoms with Crippen LogP contribution in [0.2, 0.25) is 0 Å². The van der Waals surface area contributed by atoms with Gasteiger partial charge in [-0.15, -0.1) is 0 Å². The zero-order valence-electron chi connectivity index (χ0n) is 14.6. The van der Waals surface area contributed by atoms with E-state index in [0.717, 1.165) is 19.5 Å². The fourth-order valence-electron chi connectivity index (χ4n) is 3.38. The molecule has 3 rings (SSSR count). The first-order chi connectivity index (χ1) is 12.7. The van der Waals surface area contributed by atoms with Crippen LogP contribution in [0.4, 0.5) is 0 Å². The standard InChI is InChI=1S/C21H23N3O2/c22-12-16-6-8-18(9-7-16)21(26)23-20-14-24(11-10-19(20)15-25)13-17-4-2-1-3-5-17/h1-9,19-20,25H,10-11,13-15H2,(H,23,26). The lowest BCUT2D eigenvalue weighted by Crippen LogP contribution is -2.53. The van der Waals surface area contributed by atoms with Crippen LogP contribution < -0.4 is 5.32 Å². The molecule has 0 saturated carbocycles. The summed E-state index contributed by atoms with van der Waals surface area (Å²) in [6, 6.07) is 18.8. The molecular weight excluding hydrogens is 326 g/mol. The Labute approximate surface area is 153 Å². The van der Waals surface area contributed by atoms with Crippen molar-refractivity contribution in [2.45, 2.75) is 19.0 Å². The Kier molecular flexibility index (Phi) is 6.00. The minimum absolute atomic E-state index is 0.0596. The molecule has 2 aromatic rings. The Bertz CT molecular complexity index is 768. The van der Waals surface area contributed by atoms with Gasteiger partial charge in [-0.3, -0.25) is 9.69 Å². The van der Waals surface area contributed by atoms with Crippen molar-refractivity contribution in [3.8, 4) is 6.07 Å². The molecule has 134 valence electrons. The van der Waals surface area contributed by atoms with Crippen molar-refractivity contribution in [1.82, 2.24) is 10.2 Å². The number of likely N-dealkylation sites (tertiary alicyclic amines) is 1. The first-order valence-corrected chi connectivity index (χ1v) is 8.87. The van der Waals surface area contributed by atoms with Crippen LogP contribution in [-0.2, 0) is 6.54 Å². The highest BCUT2D eigenvalue weighted by Gasteiger charge is 2.30. The average molecular weight is 349 g/mol. The van der Waals surface area contributed by atoms with Crippen LogP contribution in [0, 0.1) is 17.2 Å². The fourth-order valence-corrected chi connectivity index (χ4v) is 3.38. The molecule has 2 atom stereocenters. The first-order valence-electron chi connectivity index (χ1n) is 8.87. The van der Waals surface area contributed by atoms with E-state index in [2.05, 4.69) is 22.3 Å². The summed E-state index contributed by atoms with van der Waals surface area (Å²) in [6.07, 6.45) is 0.849. The number of nitriles is 1. The van der Waals surface area contributed by atoms with Gasteiger partial charge in [-0.1, -0.05) is 30.3 Å². The predicted molar refractivity (Wildman–Crippen MR) is 99.3 cm³/mol. The van der Waals surface area contributed by atoms with Crippen molar-refractivity contribution in [3.63, 3.8) is 0 Å². The van der Waals surface area contributed by atoms with Gasteiger partial charge in [0, 0.05) is 37.2 Å². The summed E-state index contributed by atoms with van der Waals surface area (Å²) >= 11 is 0. The number of aliphatic hydroxyl groups is 1. The number of rotatable bonds is 5. The highest BCUT2D eigenvalue weighted by atomic mass is 16.3. The molecule has 1 aliphatic rings. The van der Waals surface area contributed by atoms with Crippen LogP contribution in [0.25, 0.3) is 0 Å². The molecule has 2 aromatic carbocycles. The van der Waals surface area contributed by atoms with E-state index in [9.17, 15) is 9.90 Å². The Morgan fingerprint density at radius 2 is 1.92 bits per heavy atom. The summed E-state index contributed by atoms with van der Waals surface area (Å²) in [5.74, 6) is -0.108. The number of aliphatic hydroxyl groups excluding tert-OH is 1. The van der Waals surface area contributed by atoms with E-state index < -0.39 is 0 Å². The first kappa shape index (κ1) is 18.1. The molecule has 2 N–H and O–H groups in total. The van der Waals surface area contributed by atoms with Gasteiger partial charge in [-0.05, 0) is 42.8 Å². The number of carbonyl (C=O) groups is 1. The van der Waals surface area contributed by atoms with E-state index in [1.165, 1.54) is 5.56 Å². The summed E-state index contributed by atoms with van der Waals surface area (Å²) in [6.45, 7) is 2.52. The predicted octanol–water partition coefficient (Wildman–Crippen LogP) is 2.17. The lowest BCUT2D eigenvalue weighted by Gasteiger charge is -2.38. The summed E-state index contributed by atoms with van der Waals surface area (Å²) in [4.78, 5) is 14.9.